The Kier molecular flexibility index (Phi) is 4.42. The van der Waals surface area contributed by atoms with Crippen molar-refractivity contribution in [3.05, 3.63) is 29.3 Å². The predicted octanol–water partition coefficient (Wildman–Crippen LogP) is 0.741. The molecule has 1 aromatic rings. The van der Waals surface area contributed by atoms with Gasteiger partial charge in [-0.15, -0.1) is 0 Å². The first-order valence-corrected chi connectivity index (χ1v) is 4.52. The molecule has 0 aliphatic heterocycles. The lowest BCUT2D eigenvalue weighted by Crippen LogP contribution is -2.06. The van der Waals surface area contributed by atoms with Crippen molar-refractivity contribution in [2.75, 3.05) is 13.7 Å². The molecule has 0 unspecified atom stereocenters. The van der Waals surface area contributed by atoms with E-state index in [-0.39, 0.29) is 12.2 Å². The quantitative estimate of drug-likeness (QED) is 0.456. The van der Waals surface area contributed by atoms with Crippen LogP contribution >= 0.6 is 0 Å². The number of aliphatic hydroxyl groups is 1. The lowest BCUT2D eigenvalue weighted by atomic mass is 10.2. The highest BCUT2D eigenvalue weighted by atomic mass is 19.1. The molecule has 1 heterocycles. The molecule has 84 valence electrons. The molecular weight excluding hydrogens is 213 g/mol. The van der Waals surface area contributed by atoms with Gasteiger partial charge >= 0.3 is 5.97 Å². The summed E-state index contributed by atoms with van der Waals surface area (Å²) in [5, 5.41) is 8.52. The number of aliphatic hydroxyl groups excluding tert-OH is 1. The van der Waals surface area contributed by atoms with Crippen molar-refractivity contribution in [1.29, 1.82) is 0 Å². The van der Waals surface area contributed by atoms with Crippen molar-refractivity contribution in [2.24, 2.45) is 0 Å². The van der Waals surface area contributed by atoms with Gasteiger partial charge in [-0.25, -0.2) is 9.78 Å². The summed E-state index contributed by atoms with van der Waals surface area (Å²) >= 11 is 0. The third-order valence-corrected chi connectivity index (χ3v) is 1.71. The Morgan fingerprint density at radius 3 is 3.06 bits per heavy atom. The van der Waals surface area contributed by atoms with E-state index >= 15 is 0 Å². The zero-order valence-electron chi connectivity index (χ0n) is 8.66. The number of methoxy groups -OCH3 is 1. The van der Waals surface area contributed by atoms with Gasteiger partial charge in [-0.05, 0) is 6.07 Å². The van der Waals surface area contributed by atoms with Crippen LogP contribution in [-0.2, 0) is 4.74 Å². The Hall–Kier alpha value is -1.93. The number of hydrogen-bond acceptors (Lipinski definition) is 4. The molecule has 0 amide bonds. The van der Waals surface area contributed by atoms with Gasteiger partial charge in [-0.3, -0.25) is 0 Å². The molecule has 16 heavy (non-hydrogen) atoms. The third-order valence-electron chi connectivity index (χ3n) is 1.71. The largest absolute Gasteiger partial charge is 0.465 e. The van der Waals surface area contributed by atoms with Gasteiger partial charge in [0.05, 0.1) is 13.7 Å². The van der Waals surface area contributed by atoms with E-state index in [0.29, 0.717) is 12.0 Å². The molecule has 0 fully saturated rings. The van der Waals surface area contributed by atoms with E-state index in [0.717, 1.165) is 7.11 Å². The first-order valence-electron chi connectivity index (χ1n) is 4.52. The van der Waals surface area contributed by atoms with Gasteiger partial charge in [0.2, 0.25) is 5.95 Å². The Morgan fingerprint density at radius 1 is 1.69 bits per heavy atom. The van der Waals surface area contributed by atoms with Crippen LogP contribution < -0.4 is 0 Å². The number of ether oxygens (including phenoxy) is 1. The number of pyridine rings is 1. The van der Waals surface area contributed by atoms with E-state index in [2.05, 4.69) is 21.6 Å². The fourth-order valence-corrected chi connectivity index (χ4v) is 0.990. The number of rotatable bonds is 2. The highest BCUT2D eigenvalue weighted by molar-refractivity contribution is 5.89. The molecule has 0 radical (unpaired) electrons. The molecule has 0 aliphatic carbocycles. The van der Waals surface area contributed by atoms with Crippen LogP contribution in [0.5, 0.6) is 0 Å². The zero-order chi connectivity index (χ0) is 12.0. The van der Waals surface area contributed by atoms with Crippen LogP contribution in [0, 0.1) is 17.8 Å². The predicted molar refractivity (Wildman–Crippen MR) is 54.1 cm³/mol. The minimum Gasteiger partial charge on any atom is -0.465 e. The smallest absolute Gasteiger partial charge is 0.342 e. The van der Waals surface area contributed by atoms with Gasteiger partial charge in [0.1, 0.15) is 5.56 Å². The molecule has 0 bridgehead atoms. The van der Waals surface area contributed by atoms with Crippen LogP contribution in [0.15, 0.2) is 12.3 Å². The first-order chi connectivity index (χ1) is 7.69. The lowest BCUT2D eigenvalue weighted by molar-refractivity contribution is 0.0594. The molecule has 0 spiro atoms. The van der Waals surface area contributed by atoms with Crippen LogP contribution in [0.4, 0.5) is 4.39 Å². The average Bonchev–Trinajstić information content (AvgIpc) is 2.30. The number of nitrogens with zero attached hydrogens (tertiary/aromatic N) is 1. The zero-order valence-corrected chi connectivity index (χ0v) is 8.66. The molecule has 0 atom stereocenters. The standard InChI is InChI=1S/C11H10FNO3/c1-16-11(15)9-6-8(4-2-3-5-14)7-13-10(9)12/h6-7,14H,3,5H2,1H3. The number of aromatic nitrogens is 1. The number of carbonyl (C=O) groups is 1. The summed E-state index contributed by atoms with van der Waals surface area (Å²) < 4.78 is 17.5. The number of carbonyl (C=O) groups excluding carboxylic acids is 1. The lowest BCUT2D eigenvalue weighted by Gasteiger charge is -2.00. The molecule has 1 rings (SSSR count). The van der Waals surface area contributed by atoms with Gasteiger partial charge in [-0.1, -0.05) is 11.8 Å². The highest BCUT2D eigenvalue weighted by Gasteiger charge is 2.13. The van der Waals surface area contributed by atoms with Crippen molar-refractivity contribution in [2.45, 2.75) is 6.42 Å². The molecule has 0 aliphatic rings. The number of halogens is 1. The topological polar surface area (TPSA) is 59.4 Å². The second-order valence-corrected chi connectivity index (χ2v) is 2.83. The van der Waals surface area contributed by atoms with Crippen molar-refractivity contribution in [1.82, 2.24) is 4.98 Å². The normalized spacial score (nSPS) is 9.19. The maximum absolute atomic E-state index is 13.1. The second kappa shape index (κ2) is 5.83. The van der Waals surface area contributed by atoms with E-state index in [1.54, 1.807) is 0 Å². The summed E-state index contributed by atoms with van der Waals surface area (Å²) in [6, 6.07) is 1.26. The van der Waals surface area contributed by atoms with Crippen LogP contribution in [0.1, 0.15) is 22.3 Å². The van der Waals surface area contributed by atoms with E-state index in [1.807, 2.05) is 0 Å². The van der Waals surface area contributed by atoms with E-state index in [9.17, 15) is 9.18 Å². The molecule has 0 saturated carbocycles. The van der Waals surface area contributed by atoms with Crippen LogP contribution in [0.2, 0.25) is 0 Å². The van der Waals surface area contributed by atoms with Crippen molar-refractivity contribution in [3.63, 3.8) is 0 Å². The van der Waals surface area contributed by atoms with E-state index in [4.69, 9.17) is 5.11 Å². The molecule has 0 saturated heterocycles. The van der Waals surface area contributed by atoms with Crippen LogP contribution in [0.3, 0.4) is 0 Å². The minimum atomic E-state index is -0.889. The van der Waals surface area contributed by atoms with Gasteiger partial charge in [0.25, 0.3) is 0 Å². The average molecular weight is 223 g/mol. The Bertz CT molecular complexity index is 448. The highest BCUT2D eigenvalue weighted by Crippen LogP contribution is 2.08. The maximum Gasteiger partial charge on any atom is 0.342 e. The molecule has 1 N–H and O–H groups in total. The van der Waals surface area contributed by atoms with Crippen molar-refractivity contribution >= 4 is 5.97 Å². The van der Waals surface area contributed by atoms with Gasteiger partial charge in [0, 0.05) is 18.2 Å². The monoisotopic (exact) mass is 223 g/mol. The summed E-state index contributed by atoms with van der Waals surface area (Å²) in [7, 11) is 1.16. The Balaban J connectivity index is 2.99. The minimum absolute atomic E-state index is 0.0501. The Morgan fingerprint density at radius 2 is 2.44 bits per heavy atom. The summed E-state index contributed by atoms with van der Waals surface area (Å²) in [6.07, 6.45) is 1.52. The van der Waals surface area contributed by atoms with Gasteiger partial charge in [0.15, 0.2) is 0 Å². The fourth-order valence-electron chi connectivity index (χ4n) is 0.990. The molecule has 4 nitrogen and oxygen atoms in total. The third kappa shape index (κ3) is 3.04. The maximum atomic E-state index is 13.1. The molecular formula is C11H10FNO3. The van der Waals surface area contributed by atoms with E-state index < -0.39 is 11.9 Å². The summed E-state index contributed by atoms with van der Waals surface area (Å²) in [6.45, 7) is -0.0501. The SMILES string of the molecule is COC(=O)c1cc(C#CCCO)cnc1F. The van der Waals surface area contributed by atoms with Gasteiger partial charge < -0.3 is 9.84 Å². The van der Waals surface area contributed by atoms with E-state index in [1.165, 1.54) is 12.3 Å². The fraction of sp³-hybridized carbons (Fsp3) is 0.273. The van der Waals surface area contributed by atoms with Crippen LogP contribution in [0.25, 0.3) is 0 Å². The van der Waals surface area contributed by atoms with Crippen molar-refractivity contribution in [3.8, 4) is 11.8 Å². The molecule has 5 heteroatoms. The van der Waals surface area contributed by atoms with Crippen molar-refractivity contribution < 1.29 is 19.0 Å². The summed E-state index contributed by atoms with van der Waals surface area (Å²) in [4.78, 5) is 14.5. The summed E-state index contributed by atoms with van der Waals surface area (Å²) in [5.41, 5.74) is 0.147. The first kappa shape index (κ1) is 12.1. The Labute approximate surface area is 92.1 Å². The molecule has 0 aromatic carbocycles. The number of hydrogen-bond donors (Lipinski definition) is 1. The van der Waals surface area contributed by atoms with Crippen LogP contribution in [-0.4, -0.2) is 29.8 Å². The molecule has 1 aromatic heterocycles. The summed E-state index contributed by atoms with van der Waals surface area (Å²) in [5.74, 6) is 3.60. The number of esters is 1. The second-order valence-electron chi connectivity index (χ2n) is 2.83. The van der Waals surface area contributed by atoms with Gasteiger partial charge in [-0.2, -0.15) is 4.39 Å².